The van der Waals surface area contributed by atoms with Gasteiger partial charge in [0.25, 0.3) is 14.6 Å². The van der Waals surface area contributed by atoms with Gasteiger partial charge in [-0.1, -0.05) is 122 Å². The minimum absolute atomic E-state index is 0.0341. The Kier molecular flexibility index (Phi) is 21.9. The molecule has 2 atom stereocenters. The van der Waals surface area contributed by atoms with Gasteiger partial charge in [0.1, 0.15) is 42.8 Å². The summed E-state index contributed by atoms with van der Waals surface area (Å²) in [4.78, 5) is 30.0. The zero-order valence-corrected chi connectivity index (χ0v) is 46.9. The maximum absolute atomic E-state index is 12.8. The number of rotatable bonds is 28. The first-order valence-corrected chi connectivity index (χ1v) is 27.6. The number of ether oxygens (including phenoxy) is 5. The van der Waals surface area contributed by atoms with Crippen LogP contribution >= 0.6 is 8.53 Å². The summed E-state index contributed by atoms with van der Waals surface area (Å²) in [6.45, 7) is 17.8. The molecule has 1 aliphatic carbocycles. The highest BCUT2D eigenvalue weighted by atomic mass is 31.2. The lowest BCUT2D eigenvalue weighted by molar-refractivity contribution is -0.0953. The summed E-state index contributed by atoms with van der Waals surface area (Å²) in [5.41, 5.74) is 5.71. The largest absolute Gasteiger partial charge is 0.497 e. The lowest BCUT2D eigenvalue weighted by Gasteiger charge is -2.39. The number of fused-ring (bicyclic) bond motifs is 3. The van der Waals surface area contributed by atoms with Crippen molar-refractivity contribution in [2.24, 2.45) is 4.99 Å². The highest BCUT2D eigenvalue weighted by Gasteiger charge is 2.40. The molecular weight excluding hydrogens is 1020 g/mol. The highest BCUT2D eigenvalue weighted by molar-refractivity contribution is 7.44. The van der Waals surface area contributed by atoms with Crippen molar-refractivity contribution >= 4 is 37.2 Å². The molecule has 0 saturated carbocycles. The average Bonchev–Trinajstić information content (AvgIpc) is 3.53. The molecule has 0 aromatic heterocycles. The summed E-state index contributed by atoms with van der Waals surface area (Å²) in [6, 6.07) is 50.2. The molecule has 15 nitrogen and oxygen atoms in total. The summed E-state index contributed by atoms with van der Waals surface area (Å²) in [5, 5.41) is 16.5. The van der Waals surface area contributed by atoms with Crippen LogP contribution in [0.1, 0.15) is 57.2 Å². The molecule has 412 valence electrons. The molecule has 1 aliphatic heterocycles. The Morgan fingerprint density at radius 1 is 0.772 bits per heavy atom. The van der Waals surface area contributed by atoms with Gasteiger partial charge in [-0.05, 0) is 117 Å². The molecule has 16 heteroatoms. The van der Waals surface area contributed by atoms with Crippen molar-refractivity contribution in [3.8, 4) is 40.1 Å². The van der Waals surface area contributed by atoms with Crippen molar-refractivity contribution in [2.45, 2.75) is 70.9 Å². The van der Waals surface area contributed by atoms with Crippen molar-refractivity contribution in [3.63, 3.8) is 0 Å². The molecule has 5 aromatic rings. The van der Waals surface area contributed by atoms with Crippen molar-refractivity contribution in [3.05, 3.63) is 193 Å². The van der Waals surface area contributed by atoms with Crippen LogP contribution in [0.2, 0.25) is 0 Å². The van der Waals surface area contributed by atoms with Crippen LogP contribution in [0.15, 0.2) is 176 Å². The molecule has 2 aliphatic rings. The van der Waals surface area contributed by atoms with Gasteiger partial charge >= 0.3 is 12.2 Å². The first kappa shape index (κ1) is 59.0. The number of nitrogens with zero attached hydrogens (tertiary/aromatic N) is 3. The number of amides is 2. The number of anilines is 1. The lowest BCUT2D eigenvalue weighted by atomic mass is 9.80. The molecule has 79 heavy (non-hydrogen) atoms. The number of nitrogens with one attached hydrogen (secondary N) is 3. The number of carbonyl (C=O) groups excluding carboxylic acids is 2. The molecule has 5 aromatic carbocycles. The second kappa shape index (κ2) is 29.3. The number of carbonyl (C=O) groups is 2. The Labute approximate surface area is 465 Å². The van der Waals surface area contributed by atoms with Gasteiger partial charge < -0.3 is 42.6 Å². The summed E-state index contributed by atoms with van der Waals surface area (Å²) < 4.78 is 47.5. The third kappa shape index (κ3) is 15.1. The van der Waals surface area contributed by atoms with Crippen LogP contribution in [0.25, 0.3) is 33.3 Å². The van der Waals surface area contributed by atoms with Crippen LogP contribution in [0.5, 0.6) is 11.5 Å². The van der Waals surface area contributed by atoms with Gasteiger partial charge in [0.15, 0.2) is 0 Å². The summed E-state index contributed by atoms with van der Waals surface area (Å²) in [5.74, 6) is 1.43. The molecule has 3 N–H and O–H groups in total. The second-order valence-corrected chi connectivity index (χ2v) is 20.4. The minimum atomic E-state index is -1.66. The van der Waals surface area contributed by atoms with Crippen molar-refractivity contribution in [1.82, 2.24) is 14.6 Å². The Morgan fingerprint density at radius 3 is 2.00 bits per heavy atom. The molecule has 7 rings (SSSR count). The van der Waals surface area contributed by atoms with E-state index in [0.29, 0.717) is 55.0 Å². The van der Waals surface area contributed by atoms with E-state index in [0.717, 1.165) is 50.0 Å². The van der Waals surface area contributed by atoms with Crippen molar-refractivity contribution in [1.29, 1.82) is 0 Å². The van der Waals surface area contributed by atoms with Crippen LogP contribution in [0.3, 0.4) is 0 Å². The molecule has 0 fully saturated rings. The number of benzene rings is 6. The first-order valence-electron chi connectivity index (χ1n) is 26.4. The highest BCUT2D eigenvalue weighted by Crippen LogP contribution is 2.48. The van der Waals surface area contributed by atoms with E-state index < -0.39 is 32.4 Å². The fourth-order valence-electron chi connectivity index (χ4n) is 9.53. The van der Waals surface area contributed by atoms with Gasteiger partial charge in [-0.3, -0.25) is 5.32 Å². The van der Waals surface area contributed by atoms with Crippen molar-refractivity contribution in [2.75, 3.05) is 59.1 Å². The van der Waals surface area contributed by atoms with Crippen molar-refractivity contribution < 1.29 is 47.6 Å². The average molecular weight is 1090 g/mol. The standard InChI is InChI=1S/C63H71N6O9P/c1-9-38-74-61(70)66-51-27-33-56-57-34-28-52(67-62(71)75-39-10-2)42-59(57)68(60(58(56)41-51)47-19-13-11-14-20-47)37-18-36-65-43-55(78-79(77-40-17-35-64)69(45(3)4)46(5)6)44-76-63(48-21-15-12-16-22-48,49-23-29-53(72-7)30-24-49)50-25-31-54(73-8)32-26-50/h9-16,19-34,41-42,45-46,55,65H,1-2,17-18,36-40,43-44H2,3-8H3,(H,66,70)/p+1. The summed E-state index contributed by atoms with van der Waals surface area (Å²) in [7, 11) is 1.64. The Hall–Kier alpha value is -7.67. The number of aromatic nitrogens is 1. The van der Waals surface area contributed by atoms with Crippen LogP contribution in [-0.2, 0) is 35.4 Å². The van der Waals surface area contributed by atoms with Gasteiger partial charge in [0.05, 0.1) is 44.2 Å². The Bertz CT molecular complexity index is 3130. The predicted molar refractivity (Wildman–Crippen MR) is 311 cm³/mol. The van der Waals surface area contributed by atoms with E-state index in [1.807, 2.05) is 115 Å². The van der Waals surface area contributed by atoms with E-state index in [1.165, 1.54) is 12.2 Å². The molecule has 0 radical (unpaired) electrons. The molecule has 1 heterocycles. The van der Waals surface area contributed by atoms with Gasteiger partial charge in [-0.25, -0.2) is 14.3 Å². The van der Waals surface area contributed by atoms with E-state index in [-0.39, 0.29) is 38.5 Å². The molecule has 0 bridgehead atoms. The zero-order valence-electron chi connectivity index (χ0n) is 46.0. The maximum Gasteiger partial charge on any atom is 0.434 e. The first-order chi connectivity index (χ1) is 38.4. The molecule has 2 amide bonds. The summed E-state index contributed by atoms with van der Waals surface area (Å²) in [6.07, 6.45) is 2.10. The monoisotopic (exact) mass is 1090 g/mol. The Morgan fingerprint density at radius 2 is 1.39 bits per heavy atom. The van der Waals surface area contributed by atoms with Crippen LogP contribution in [0, 0.1) is 6.07 Å². The third-order valence-electron chi connectivity index (χ3n) is 13.0. The molecule has 2 unspecified atom stereocenters. The fourth-order valence-corrected chi connectivity index (χ4v) is 11.2. The lowest BCUT2D eigenvalue weighted by Crippen LogP contribution is -2.41. The minimum Gasteiger partial charge on any atom is -0.497 e. The van der Waals surface area contributed by atoms with Gasteiger partial charge in [-0.2, -0.15) is 4.99 Å². The number of pyridine rings is 1. The molecule has 0 spiro atoms. The van der Waals surface area contributed by atoms with Gasteiger partial charge in [-0.15, -0.1) is 5.26 Å². The predicted octanol–water partition coefficient (Wildman–Crippen LogP) is 11.3. The number of hydrogen-bond acceptors (Lipinski definition) is 11. The normalized spacial score (nSPS) is 12.6. The summed E-state index contributed by atoms with van der Waals surface area (Å²) >= 11 is 0. The molecule has 0 saturated heterocycles. The SMILES string of the molecule is C=CCOC(=O)N=c1ccc2c3ccc(NC(=O)OCC=C)cc3c(-c3ccccc3)n(CCCNCC(COC(c3ccccc3)(c3ccc(OC)cc3)c3ccc(OC)cc3)OP(OCCC#[NH+])N(C(C)C)C(C)C)c-2c1. The quantitative estimate of drug-likeness (QED) is 0.0140. The Balaban J connectivity index is 1.28. The third-order valence-corrected chi connectivity index (χ3v) is 15.1. The number of hydrogen-bond donors (Lipinski definition) is 3. The fraction of sp³-hybridized carbons (Fsp3) is 0.302. The van der Waals surface area contributed by atoms with Crippen LogP contribution < -0.4 is 30.7 Å². The van der Waals surface area contributed by atoms with E-state index in [4.69, 9.17) is 38.0 Å². The topological polar surface area (TPSA) is 167 Å². The maximum atomic E-state index is 12.8. The molecular formula is C63H72N6O9P+. The van der Waals surface area contributed by atoms with E-state index in [9.17, 15) is 9.59 Å². The van der Waals surface area contributed by atoms with Gasteiger partial charge in [0, 0.05) is 41.8 Å². The van der Waals surface area contributed by atoms with E-state index in [2.05, 4.69) is 96.1 Å². The van der Waals surface area contributed by atoms with E-state index >= 15 is 0 Å². The number of methoxy groups -OCH3 is 2. The van der Waals surface area contributed by atoms with Crippen LogP contribution in [-0.4, -0.2) is 93.3 Å². The van der Waals surface area contributed by atoms with Gasteiger partial charge in [0.2, 0.25) is 0 Å². The second-order valence-electron chi connectivity index (χ2n) is 19.0. The smallest absolute Gasteiger partial charge is 0.434 e. The van der Waals surface area contributed by atoms with E-state index in [1.54, 1.807) is 20.3 Å². The van der Waals surface area contributed by atoms with Crippen LogP contribution in [0.4, 0.5) is 15.3 Å². The zero-order chi connectivity index (χ0) is 56.2.